The molecule has 1 saturated heterocycles. The summed E-state index contributed by atoms with van der Waals surface area (Å²) >= 11 is 0. The van der Waals surface area contributed by atoms with E-state index in [0.29, 0.717) is 31.5 Å². The second-order valence-corrected chi connectivity index (χ2v) is 8.75. The first-order valence-corrected chi connectivity index (χ1v) is 11.5. The van der Waals surface area contributed by atoms with E-state index in [9.17, 15) is 18.8 Å². The summed E-state index contributed by atoms with van der Waals surface area (Å²) in [4.78, 5) is 40.5. The number of benzene rings is 2. The number of likely N-dealkylation sites (tertiary alicyclic amines) is 1. The Hall–Kier alpha value is -3.22. The molecule has 2 N–H and O–H groups in total. The van der Waals surface area contributed by atoms with Gasteiger partial charge in [-0.05, 0) is 63.3 Å². The maximum Gasteiger partial charge on any atom is 0.254 e. The van der Waals surface area contributed by atoms with Crippen molar-refractivity contribution < 1.29 is 18.8 Å². The van der Waals surface area contributed by atoms with E-state index >= 15 is 0 Å². The SMILES string of the molecule is CC[C@H](C)NC(=O)[C@H](NC(=O)c1ccccc1F)C1CCN(C(=O)c2cccc(C)c2)CC1. The molecule has 0 spiro atoms. The summed E-state index contributed by atoms with van der Waals surface area (Å²) in [6.07, 6.45) is 1.88. The largest absolute Gasteiger partial charge is 0.352 e. The van der Waals surface area contributed by atoms with Crippen LogP contribution in [0.2, 0.25) is 0 Å². The normalized spacial score (nSPS) is 16.1. The van der Waals surface area contributed by atoms with Gasteiger partial charge in [0, 0.05) is 24.7 Å². The molecule has 0 aliphatic carbocycles. The highest BCUT2D eigenvalue weighted by atomic mass is 19.1. The van der Waals surface area contributed by atoms with Crippen LogP contribution in [0.5, 0.6) is 0 Å². The predicted octanol–water partition coefficient (Wildman–Crippen LogP) is 3.70. The number of piperidine rings is 1. The smallest absolute Gasteiger partial charge is 0.254 e. The highest BCUT2D eigenvalue weighted by molar-refractivity contribution is 5.98. The highest BCUT2D eigenvalue weighted by Crippen LogP contribution is 2.23. The number of rotatable bonds is 7. The topological polar surface area (TPSA) is 78.5 Å². The lowest BCUT2D eigenvalue weighted by molar-refractivity contribution is -0.125. The van der Waals surface area contributed by atoms with E-state index in [1.165, 1.54) is 18.2 Å². The van der Waals surface area contributed by atoms with Crippen LogP contribution < -0.4 is 10.6 Å². The molecule has 1 aliphatic heterocycles. The summed E-state index contributed by atoms with van der Waals surface area (Å²) in [6, 6.07) is 12.3. The maximum absolute atomic E-state index is 14.1. The summed E-state index contributed by atoms with van der Waals surface area (Å²) < 4.78 is 14.1. The Kier molecular flexibility index (Phi) is 8.20. The summed E-state index contributed by atoms with van der Waals surface area (Å²) in [7, 11) is 0. The predicted molar refractivity (Wildman–Crippen MR) is 125 cm³/mol. The van der Waals surface area contributed by atoms with Crippen LogP contribution in [0, 0.1) is 18.7 Å². The van der Waals surface area contributed by atoms with Gasteiger partial charge in [-0.1, -0.05) is 36.8 Å². The Morgan fingerprint density at radius 2 is 1.76 bits per heavy atom. The van der Waals surface area contributed by atoms with Crippen LogP contribution in [-0.4, -0.2) is 47.8 Å². The van der Waals surface area contributed by atoms with Crippen molar-refractivity contribution in [1.82, 2.24) is 15.5 Å². The van der Waals surface area contributed by atoms with E-state index in [-0.39, 0.29) is 29.3 Å². The Morgan fingerprint density at radius 3 is 2.39 bits per heavy atom. The standard InChI is InChI=1S/C26H32FN3O3/c1-4-18(3)28-25(32)23(29-24(31)21-10-5-6-11-22(21)27)19-12-14-30(15-13-19)26(33)20-9-7-8-17(2)16-20/h5-11,16,18-19,23H,4,12-15H2,1-3H3,(H,28,32)(H,29,31)/t18-,23+/m0/s1. The van der Waals surface area contributed by atoms with E-state index in [1.54, 1.807) is 17.0 Å². The van der Waals surface area contributed by atoms with Crippen LogP contribution >= 0.6 is 0 Å². The molecule has 2 aromatic carbocycles. The molecule has 2 aromatic rings. The molecule has 0 saturated carbocycles. The van der Waals surface area contributed by atoms with Gasteiger partial charge in [0.05, 0.1) is 5.56 Å². The molecular weight excluding hydrogens is 421 g/mol. The van der Waals surface area contributed by atoms with Crippen molar-refractivity contribution in [2.24, 2.45) is 5.92 Å². The molecule has 0 radical (unpaired) electrons. The summed E-state index contributed by atoms with van der Waals surface area (Å²) in [5, 5.41) is 5.70. The quantitative estimate of drug-likeness (QED) is 0.671. The van der Waals surface area contributed by atoms with Crippen molar-refractivity contribution in [2.75, 3.05) is 13.1 Å². The summed E-state index contributed by atoms with van der Waals surface area (Å²) in [5.74, 6) is -1.72. The van der Waals surface area contributed by atoms with Crippen LogP contribution in [0.15, 0.2) is 48.5 Å². The number of hydrogen-bond acceptors (Lipinski definition) is 3. The van der Waals surface area contributed by atoms with Gasteiger partial charge in [0.25, 0.3) is 11.8 Å². The minimum Gasteiger partial charge on any atom is -0.352 e. The van der Waals surface area contributed by atoms with Gasteiger partial charge in [-0.2, -0.15) is 0 Å². The molecule has 3 amide bonds. The molecule has 0 unspecified atom stereocenters. The average Bonchev–Trinajstić information content (AvgIpc) is 2.82. The van der Waals surface area contributed by atoms with Crippen LogP contribution in [0.3, 0.4) is 0 Å². The molecule has 2 atom stereocenters. The third-order valence-corrected chi connectivity index (χ3v) is 6.25. The number of hydrogen-bond donors (Lipinski definition) is 2. The van der Waals surface area contributed by atoms with Crippen LogP contribution in [0.25, 0.3) is 0 Å². The van der Waals surface area contributed by atoms with Gasteiger partial charge < -0.3 is 15.5 Å². The van der Waals surface area contributed by atoms with Gasteiger partial charge in [-0.3, -0.25) is 14.4 Å². The zero-order chi connectivity index (χ0) is 24.0. The first kappa shape index (κ1) is 24.4. The first-order chi connectivity index (χ1) is 15.8. The van der Waals surface area contributed by atoms with Crippen LogP contribution in [0.4, 0.5) is 4.39 Å². The lowest BCUT2D eigenvalue weighted by Gasteiger charge is -2.36. The van der Waals surface area contributed by atoms with Gasteiger partial charge in [0.2, 0.25) is 5.91 Å². The zero-order valence-corrected chi connectivity index (χ0v) is 19.4. The van der Waals surface area contributed by atoms with E-state index in [0.717, 1.165) is 12.0 Å². The van der Waals surface area contributed by atoms with Gasteiger partial charge in [-0.15, -0.1) is 0 Å². The fourth-order valence-electron chi connectivity index (χ4n) is 4.09. The number of nitrogens with zero attached hydrogens (tertiary/aromatic N) is 1. The van der Waals surface area contributed by atoms with Crippen molar-refractivity contribution >= 4 is 17.7 Å². The fourth-order valence-corrected chi connectivity index (χ4v) is 4.09. The molecule has 1 fully saturated rings. The fraction of sp³-hybridized carbons (Fsp3) is 0.423. The molecular formula is C26H32FN3O3. The molecule has 6 nitrogen and oxygen atoms in total. The number of carbonyl (C=O) groups is 3. The lowest BCUT2D eigenvalue weighted by atomic mass is 9.88. The van der Waals surface area contributed by atoms with Crippen molar-refractivity contribution in [1.29, 1.82) is 0 Å². The second kappa shape index (κ2) is 11.1. The number of nitrogens with one attached hydrogen (secondary N) is 2. The van der Waals surface area contributed by atoms with Crippen molar-refractivity contribution in [3.63, 3.8) is 0 Å². The van der Waals surface area contributed by atoms with Gasteiger partial charge in [-0.25, -0.2) is 4.39 Å². The minimum absolute atomic E-state index is 0.0341. The molecule has 7 heteroatoms. The van der Waals surface area contributed by atoms with Crippen molar-refractivity contribution in [2.45, 2.75) is 52.1 Å². The highest BCUT2D eigenvalue weighted by Gasteiger charge is 2.35. The van der Waals surface area contributed by atoms with Gasteiger partial charge >= 0.3 is 0 Å². The molecule has 1 heterocycles. The molecule has 0 aromatic heterocycles. The Bertz CT molecular complexity index is 1000. The summed E-state index contributed by atoms with van der Waals surface area (Å²) in [5.41, 5.74) is 1.58. The molecule has 1 aliphatic rings. The van der Waals surface area contributed by atoms with Crippen molar-refractivity contribution in [3.05, 3.63) is 71.0 Å². The third kappa shape index (κ3) is 6.18. The molecule has 33 heavy (non-hydrogen) atoms. The van der Waals surface area contributed by atoms with E-state index < -0.39 is 17.8 Å². The molecule has 0 bridgehead atoms. The summed E-state index contributed by atoms with van der Waals surface area (Å²) in [6.45, 7) is 6.78. The lowest BCUT2D eigenvalue weighted by Crippen LogP contribution is -2.55. The van der Waals surface area contributed by atoms with Gasteiger partial charge in [0.1, 0.15) is 11.9 Å². The Balaban J connectivity index is 1.71. The number of aryl methyl sites for hydroxylation is 1. The third-order valence-electron chi connectivity index (χ3n) is 6.25. The first-order valence-electron chi connectivity index (χ1n) is 11.5. The zero-order valence-electron chi connectivity index (χ0n) is 19.4. The van der Waals surface area contributed by atoms with Crippen LogP contribution in [0.1, 0.15) is 59.4 Å². The second-order valence-electron chi connectivity index (χ2n) is 8.75. The average molecular weight is 454 g/mol. The van der Waals surface area contributed by atoms with Gasteiger partial charge in [0.15, 0.2) is 0 Å². The van der Waals surface area contributed by atoms with Crippen LogP contribution in [-0.2, 0) is 4.79 Å². The van der Waals surface area contributed by atoms with Crippen molar-refractivity contribution in [3.8, 4) is 0 Å². The number of carbonyl (C=O) groups excluding carboxylic acids is 3. The van der Waals surface area contributed by atoms with E-state index in [1.807, 2.05) is 39.0 Å². The molecule has 176 valence electrons. The Morgan fingerprint density at radius 1 is 1.06 bits per heavy atom. The maximum atomic E-state index is 14.1. The number of halogens is 1. The number of amides is 3. The monoisotopic (exact) mass is 453 g/mol. The van der Waals surface area contributed by atoms with E-state index in [4.69, 9.17) is 0 Å². The minimum atomic E-state index is -0.803. The Labute approximate surface area is 194 Å². The van der Waals surface area contributed by atoms with E-state index in [2.05, 4.69) is 10.6 Å². The molecule has 3 rings (SSSR count).